The number of carbonyl (C=O) groups excluding carboxylic acids is 1. The van der Waals surface area contributed by atoms with Gasteiger partial charge in [0.25, 0.3) is 0 Å². The van der Waals surface area contributed by atoms with E-state index in [1.54, 1.807) is 13.0 Å². The molecule has 0 spiro atoms. The van der Waals surface area contributed by atoms with Gasteiger partial charge in [-0.3, -0.25) is 4.79 Å². The molecule has 2 nitrogen and oxygen atoms in total. The average molecular weight is 571 g/mol. The van der Waals surface area contributed by atoms with Crippen molar-refractivity contribution in [3.8, 4) is 11.1 Å². The van der Waals surface area contributed by atoms with Gasteiger partial charge in [0.1, 0.15) is 5.60 Å². The lowest BCUT2D eigenvalue weighted by atomic mass is 9.50. The van der Waals surface area contributed by atoms with Crippen molar-refractivity contribution in [2.24, 2.45) is 17.3 Å². The van der Waals surface area contributed by atoms with E-state index in [4.69, 9.17) is 0 Å². The Bertz CT molecular complexity index is 1410. The maximum atomic E-state index is 15.5. The molecule has 2 fully saturated rings. The van der Waals surface area contributed by atoms with Crippen LogP contribution in [0.25, 0.3) is 11.1 Å². The van der Waals surface area contributed by atoms with Crippen molar-refractivity contribution < 1.29 is 27.5 Å². The Labute approximate surface area is 238 Å². The van der Waals surface area contributed by atoms with Gasteiger partial charge in [-0.15, -0.1) is 12.6 Å². The first-order valence-corrected chi connectivity index (χ1v) is 14.6. The molecule has 0 amide bonds. The molecule has 2 saturated carbocycles. The van der Waals surface area contributed by atoms with E-state index >= 15 is 8.78 Å². The lowest BCUT2D eigenvalue weighted by Crippen LogP contribution is -2.65. The molecule has 3 unspecified atom stereocenters. The van der Waals surface area contributed by atoms with Crippen molar-refractivity contribution in [2.45, 2.75) is 87.1 Å². The number of hydrogen-bond donors (Lipinski definition) is 2. The van der Waals surface area contributed by atoms with E-state index in [0.29, 0.717) is 25.7 Å². The summed E-state index contributed by atoms with van der Waals surface area (Å²) in [6.07, 6.45) is 4.12. The quantitative estimate of drug-likeness (QED) is 0.285. The molecule has 40 heavy (non-hydrogen) atoms. The van der Waals surface area contributed by atoms with E-state index in [1.807, 2.05) is 48.5 Å². The summed E-state index contributed by atoms with van der Waals surface area (Å²) in [7, 11) is 0. The summed E-state index contributed by atoms with van der Waals surface area (Å²) in [5.41, 5.74) is 2.01. The Hall–Kier alpha value is -2.38. The first-order valence-electron chi connectivity index (χ1n) is 14.1. The maximum Gasteiger partial charge on any atom is 0.338 e. The number of aliphatic hydroxyl groups is 1. The first-order chi connectivity index (χ1) is 18.8. The molecule has 0 radical (unpaired) electrons. The predicted octanol–water partition coefficient (Wildman–Crippen LogP) is 8.56. The second-order valence-corrected chi connectivity index (χ2v) is 13.0. The van der Waals surface area contributed by atoms with Crippen LogP contribution in [0.3, 0.4) is 0 Å². The number of halogens is 4. The minimum Gasteiger partial charge on any atom is -0.383 e. The van der Waals surface area contributed by atoms with Crippen molar-refractivity contribution in [2.75, 3.05) is 0 Å². The summed E-state index contributed by atoms with van der Waals surface area (Å²) in [6.45, 7) is 1.83. The molecule has 6 rings (SSSR count). The van der Waals surface area contributed by atoms with E-state index < -0.39 is 22.9 Å². The largest absolute Gasteiger partial charge is 0.383 e. The smallest absolute Gasteiger partial charge is 0.338 e. The molecule has 212 valence electrons. The molecule has 0 bridgehead atoms. The summed E-state index contributed by atoms with van der Waals surface area (Å²) < 4.78 is 59.8. The monoisotopic (exact) mass is 570 g/mol. The molecule has 1 N–H and O–H groups in total. The Morgan fingerprint density at radius 3 is 2.17 bits per heavy atom. The third-order valence-corrected chi connectivity index (χ3v) is 10.8. The summed E-state index contributed by atoms with van der Waals surface area (Å²) in [5.74, 6) is -9.60. The topological polar surface area (TPSA) is 37.3 Å². The molecular formula is C33H34F4O2S. The summed E-state index contributed by atoms with van der Waals surface area (Å²) in [4.78, 5) is 13.1. The Kier molecular flexibility index (Phi) is 6.47. The minimum absolute atomic E-state index is 0.103. The van der Waals surface area contributed by atoms with E-state index in [0.717, 1.165) is 38.3 Å². The van der Waals surface area contributed by atoms with Crippen LogP contribution in [0.2, 0.25) is 0 Å². The van der Waals surface area contributed by atoms with Crippen LogP contribution in [-0.4, -0.2) is 28.3 Å². The number of rotatable bonds is 4. The zero-order chi connectivity index (χ0) is 28.7. The van der Waals surface area contributed by atoms with E-state index in [-0.39, 0.29) is 49.7 Å². The summed E-state index contributed by atoms with van der Waals surface area (Å²) in [5, 5.41) is 11.6. The first kappa shape index (κ1) is 27.8. The molecule has 2 aromatic rings. The number of hydrogen-bond acceptors (Lipinski definition) is 3. The maximum absolute atomic E-state index is 15.5. The Morgan fingerprint density at radius 2 is 1.55 bits per heavy atom. The van der Waals surface area contributed by atoms with Gasteiger partial charge in [0, 0.05) is 29.6 Å². The number of carbonyl (C=O) groups is 1. The van der Waals surface area contributed by atoms with Crippen molar-refractivity contribution >= 4 is 18.4 Å². The fourth-order valence-corrected chi connectivity index (χ4v) is 8.55. The highest BCUT2D eigenvalue weighted by Gasteiger charge is 2.76. The van der Waals surface area contributed by atoms with Gasteiger partial charge in [0.05, 0.1) is 0 Å². The highest BCUT2D eigenvalue weighted by molar-refractivity contribution is 7.80. The van der Waals surface area contributed by atoms with Crippen LogP contribution in [0.4, 0.5) is 17.6 Å². The normalized spacial score (nSPS) is 32.4. The highest BCUT2D eigenvalue weighted by atomic mass is 32.1. The van der Waals surface area contributed by atoms with Crippen LogP contribution in [-0.2, 0) is 4.79 Å². The number of allylic oxidation sites excluding steroid dienone is 4. The molecule has 0 heterocycles. The SMILES string of the molecule is CC(F)(F)C(F)(F)[C@]1(O)CCC2C3CCC4=CC(=O)CCC4=C3[C@@H](c3ccc(-c4ccc(S)cc4)cc3)CC21C. The van der Waals surface area contributed by atoms with Crippen LogP contribution in [0.1, 0.15) is 70.3 Å². The number of alkyl halides is 4. The second-order valence-electron chi connectivity index (χ2n) is 12.5. The highest BCUT2D eigenvalue weighted by Crippen LogP contribution is 2.70. The Morgan fingerprint density at radius 1 is 0.925 bits per heavy atom. The number of ketones is 1. The van der Waals surface area contributed by atoms with Gasteiger partial charge in [-0.25, -0.2) is 8.78 Å². The molecule has 2 aromatic carbocycles. The number of thiol groups is 1. The second kappa shape index (κ2) is 9.32. The standard InChI is InChI=1S/C33H34F4O2S/c1-30-18-27(21-5-3-19(4-6-21)20-7-11-24(40)12-8-20)29-25-14-10-23(38)17-22(25)9-13-26(29)28(30)15-16-32(30,39)33(36,37)31(2,34)35/h3-8,11-12,17,26-28,39-40H,9-10,13-16,18H2,1-2H3/t26?,27-,28?,30?,32+/m1/s1. The van der Waals surface area contributed by atoms with Gasteiger partial charge in [-0.2, -0.15) is 8.78 Å². The fourth-order valence-electron chi connectivity index (χ4n) is 8.40. The predicted molar refractivity (Wildman–Crippen MR) is 150 cm³/mol. The van der Waals surface area contributed by atoms with Crippen molar-refractivity contribution in [3.63, 3.8) is 0 Å². The van der Waals surface area contributed by atoms with Crippen LogP contribution in [0, 0.1) is 17.3 Å². The zero-order valence-electron chi connectivity index (χ0n) is 22.7. The Balaban J connectivity index is 1.48. The number of benzene rings is 2. The lowest BCUT2D eigenvalue weighted by Gasteiger charge is -2.56. The average Bonchev–Trinajstić information content (AvgIpc) is 3.19. The van der Waals surface area contributed by atoms with Crippen molar-refractivity contribution in [3.05, 3.63) is 76.9 Å². The van der Waals surface area contributed by atoms with E-state index in [2.05, 4.69) is 12.6 Å². The molecule has 5 atom stereocenters. The van der Waals surface area contributed by atoms with Crippen LogP contribution in [0.5, 0.6) is 0 Å². The van der Waals surface area contributed by atoms with Crippen molar-refractivity contribution in [1.29, 1.82) is 0 Å². The molecule has 4 aliphatic carbocycles. The van der Waals surface area contributed by atoms with Crippen molar-refractivity contribution in [1.82, 2.24) is 0 Å². The molecule has 0 saturated heterocycles. The number of fused-ring (bicyclic) bond motifs is 4. The van der Waals surface area contributed by atoms with Gasteiger partial charge in [0.2, 0.25) is 0 Å². The molecule has 4 aliphatic rings. The van der Waals surface area contributed by atoms with Gasteiger partial charge in [-0.1, -0.05) is 48.9 Å². The van der Waals surface area contributed by atoms with E-state index in [9.17, 15) is 18.7 Å². The van der Waals surface area contributed by atoms with Crippen LogP contribution >= 0.6 is 12.6 Å². The van der Waals surface area contributed by atoms with Crippen LogP contribution in [0.15, 0.2) is 76.2 Å². The fraction of sp³-hybridized carbons (Fsp3) is 0.485. The third kappa shape index (κ3) is 3.98. The third-order valence-electron chi connectivity index (χ3n) is 10.5. The minimum atomic E-state index is -4.57. The summed E-state index contributed by atoms with van der Waals surface area (Å²) in [6, 6.07) is 15.8. The van der Waals surface area contributed by atoms with Gasteiger partial charge in [-0.05, 0) is 96.4 Å². The zero-order valence-corrected chi connectivity index (χ0v) is 23.6. The van der Waals surface area contributed by atoms with Gasteiger partial charge in [0.15, 0.2) is 5.78 Å². The molecule has 7 heteroatoms. The molecule has 0 aliphatic heterocycles. The summed E-state index contributed by atoms with van der Waals surface area (Å²) >= 11 is 4.35. The molecule has 0 aromatic heterocycles. The van der Waals surface area contributed by atoms with Gasteiger partial charge >= 0.3 is 11.8 Å². The lowest BCUT2D eigenvalue weighted by molar-refractivity contribution is -0.315. The molecular weight excluding hydrogens is 536 g/mol. The van der Waals surface area contributed by atoms with E-state index in [1.165, 1.54) is 0 Å². The van der Waals surface area contributed by atoms with Crippen LogP contribution < -0.4 is 0 Å². The van der Waals surface area contributed by atoms with Gasteiger partial charge < -0.3 is 5.11 Å².